The SMILES string of the molecule is CCN(CC)c1ccc(N2C(=O)C(=O)/C(=C(/O)c3cc(C)ccc3C)C2c2ccc(O)cc2)cc1. The van der Waals surface area contributed by atoms with Crippen molar-refractivity contribution in [2.75, 3.05) is 22.9 Å². The molecule has 6 heteroatoms. The van der Waals surface area contributed by atoms with Crippen molar-refractivity contribution >= 4 is 28.8 Å². The van der Waals surface area contributed by atoms with E-state index in [1.54, 1.807) is 12.1 Å². The van der Waals surface area contributed by atoms with Crippen LogP contribution in [0.2, 0.25) is 0 Å². The Kier molecular flexibility index (Phi) is 6.65. The van der Waals surface area contributed by atoms with Gasteiger partial charge in [-0.05, 0) is 81.3 Å². The molecule has 1 aliphatic heterocycles. The zero-order valence-corrected chi connectivity index (χ0v) is 20.4. The summed E-state index contributed by atoms with van der Waals surface area (Å²) >= 11 is 0. The molecule has 0 aliphatic carbocycles. The third-order valence-corrected chi connectivity index (χ3v) is 6.56. The molecule has 1 amide bonds. The van der Waals surface area contributed by atoms with Crippen molar-refractivity contribution < 1.29 is 19.8 Å². The number of aliphatic hydroxyl groups excluding tert-OH is 1. The second-order valence-electron chi connectivity index (χ2n) is 8.77. The van der Waals surface area contributed by atoms with Crippen LogP contribution in [0.5, 0.6) is 5.75 Å². The highest BCUT2D eigenvalue weighted by molar-refractivity contribution is 6.51. The van der Waals surface area contributed by atoms with Crippen LogP contribution in [0.4, 0.5) is 11.4 Å². The summed E-state index contributed by atoms with van der Waals surface area (Å²) < 4.78 is 0. The predicted molar refractivity (Wildman–Crippen MR) is 139 cm³/mol. The number of aryl methyl sites for hydroxylation is 2. The number of Topliss-reactive ketones (excluding diaryl/α,β-unsaturated/α-hetero) is 1. The van der Waals surface area contributed by atoms with Crippen LogP contribution in [0.1, 0.15) is 42.1 Å². The highest BCUT2D eigenvalue weighted by atomic mass is 16.3. The number of phenolic OH excluding ortho intramolecular Hbond substituents is 1. The van der Waals surface area contributed by atoms with Gasteiger partial charge in [0.1, 0.15) is 11.5 Å². The van der Waals surface area contributed by atoms with Gasteiger partial charge >= 0.3 is 0 Å². The molecule has 0 radical (unpaired) electrons. The maximum absolute atomic E-state index is 13.4. The summed E-state index contributed by atoms with van der Waals surface area (Å²) in [7, 11) is 0. The molecule has 1 heterocycles. The number of nitrogens with zero attached hydrogens (tertiary/aromatic N) is 2. The van der Waals surface area contributed by atoms with Crippen LogP contribution in [0.25, 0.3) is 5.76 Å². The van der Waals surface area contributed by atoms with Gasteiger partial charge in [-0.1, -0.05) is 29.8 Å². The molecule has 1 saturated heterocycles. The second kappa shape index (κ2) is 9.66. The number of rotatable bonds is 6. The third-order valence-electron chi connectivity index (χ3n) is 6.56. The third kappa shape index (κ3) is 4.39. The average molecular weight is 471 g/mol. The molecule has 0 bridgehead atoms. The summed E-state index contributed by atoms with van der Waals surface area (Å²) in [5.74, 6) is -1.58. The lowest BCUT2D eigenvalue weighted by Gasteiger charge is -2.27. The van der Waals surface area contributed by atoms with E-state index < -0.39 is 17.7 Å². The van der Waals surface area contributed by atoms with Gasteiger partial charge in [0, 0.05) is 30.0 Å². The number of aliphatic hydroxyl groups is 1. The minimum absolute atomic E-state index is 0.0298. The average Bonchev–Trinajstić information content (AvgIpc) is 3.12. The first-order valence-electron chi connectivity index (χ1n) is 11.8. The summed E-state index contributed by atoms with van der Waals surface area (Å²) in [5.41, 5.74) is 4.47. The summed E-state index contributed by atoms with van der Waals surface area (Å²) in [6.07, 6.45) is 0. The quantitative estimate of drug-likeness (QED) is 0.283. The summed E-state index contributed by atoms with van der Waals surface area (Å²) in [6.45, 7) is 9.62. The van der Waals surface area contributed by atoms with Crippen LogP contribution in [0.15, 0.2) is 72.3 Å². The molecule has 1 atom stereocenters. The fourth-order valence-corrected chi connectivity index (χ4v) is 4.62. The smallest absolute Gasteiger partial charge is 0.300 e. The van der Waals surface area contributed by atoms with E-state index >= 15 is 0 Å². The molecule has 4 rings (SSSR count). The number of carbonyl (C=O) groups excluding carboxylic acids is 2. The Balaban J connectivity index is 1.90. The van der Waals surface area contributed by atoms with Crippen molar-refractivity contribution in [2.24, 2.45) is 0 Å². The predicted octanol–water partition coefficient (Wildman–Crippen LogP) is 5.48. The maximum atomic E-state index is 13.4. The Labute approximate surface area is 205 Å². The van der Waals surface area contributed by atoms with Gasteiger partial charge in [0.2, 0.25) is 0 Å². The van der Waals surface area contributed by atoms with Gasteiger partial charge in [0.05, 0.1) is 11.6 Å². The molecule has 1 aliphatic rings. The molecular weight excluding hydrogens is 440 g/mol. The van der Waals surface area contributed by atoms with Crippen LogP contribution < -0.4 is 9.80 Å². The number of hydrogen-bond donors (Lipinski definition) is 2. The van der Waals surface area contributed by atoms with Crippen molar-refractivity contribution in [1.29, 1.82) is 0 Å². The Hall–Kier alpha value is -4.06. The molecule has 1 unspecified atom stereocenters. The minimum atomic E-state index is -0.838. The fraction of sp³-hybridized carbons (Fsp3) is 0.241. The Morgan fingerprint density at radius 1 is 0.914 bits per heavy atom. The summed E-state index contributed by atoms with van der Waals surface area (Å²) in [4.78, 5) is 30.3. The number of carbonyl (C=O) groups is 2. The van der Waals surface area contributed by atoms with Crippen molar-refractivity contribution in [3.05, 3.63) is 94.6 Å². The molecule has 6 nitrogen and oxygen atoms in total. The number of hydrogen-bond acceptors (Lipinski definition) is 5. The first kappa shape index (κ1) is 24.1. The zero-order chi connectivity index (χ0) is 25.3. The highest BCUT2D eigenvalue weighted by Crippen LogP contribution is 2.43. The molecular formula is C29H30N2O4. The summed E-state index contributed by atoms with van der Waals surface area (Å²) in [5, 5.41) is 21.2. The van der Waals surface area contributed by atoms with Crippen LogP contribution in [-0.2, 0) is 9.59 Å². The second-order valence-corrected chi connectivity index (χ2v) is 8.77. The van der Waals surface area contributed by atoms with Crippen molar-refractivity contribution in [3.8, 4) is 5.75 Å². The van der Waals surface area contributed by atoms with Crippen LogP contribution in [0.3, 0.4) is 0 Å². The molecule has 0 saturated carbocycles. The fourth-order valence-electron chi connectivity index (χ4n) is 4.62. The van der Waals surface area contributed by atoms with Gasteiger partial charge in [0.15, 0.2) is 0 Å². The molecule has 0 aromatic heterocycles. The highest BCUT2D eigenvalue weighted by Gasteiger charge is 2.47. The van der Waals surface area contributed by atoms with E-state index in [9.17, 15) is 19.8 Å². The van der Waals surface area contributed by atoms with Gasteiger partial charge < -0.3 is 15.1 Å². The van der Waals surface area contributed by atoms with Crippen LogP contribution >= 0.6 is 0 Å². The van der Waals surface area contributed by atoms with Gasteiger partial charge in [0.25, 0.3) is 11.7 Å². The molecule has 2 N–H and O–H groups in total. The van der Waals surface area contributed by atoms with Crippen molar-refractivity contribution in [2.45, 2.75) is 33.7 Å². The Bertz CT molecular complexity index is 1290. The number of benzene rings is 3. The van der Waals surface area contributed by atoms with Crippen molar-refractivity contribution in [3.63, 3.8) is 0 Å². The van der Waals surface area contributed by atoms with E-state index in [1.165, 1.54) is 17.0 Å². The lowest BCUT2D eigenvalue weighted by atomic mass is 9.93. The zero-order valence-electron chi connectivity index (χ0n) is 20.4. The normalized spacial score (nSPS) is 17.1. The molecule has 180 valence electrons. The first-order chi connectivity index (χ1) is 16.8. The molecule has 0 spiro atoms. The first-order valence-corrected chi connectivity index (χ1v) is 11.8. The van der Waals surface area contributed by atoms with E-state index in [-0.39, 0.29) is 17.1 Å². The number of aromatic hydroxyl groups is 1. The van der Waals surface area contributed by atoms with Crippen LogP contribution in [-0.4, -0.2) is 35.0 Å². The topological polar surface area (TPSA) is 81.1 Å². The maximum Gasteiger partial charge on any atom is 0.300 e. The largest absolute Gasteiger partial charge is 0.508 e. The van der Waals surface area contributed by atoms with Gasteiger partial charge in [-0.3, -0.25) is 14.5 Å². The lowest BCUT2D eigenvalue weighted by Crippen LogP contribution is -2.29. The Morgan fingerprint density at radius 3 is 2.14 bits per heavy atom. The van der Waals surface area contributed by atoms with E-state index in [0.717, 1.165) is 29.9 Å². The van der Waals surface area contributed by atoms with Crippen LogP contribution in [0, 0.1) is 13.8 Å². The monoisotopic (exact) mass is 470 g/mol. The molecule has 3 aromatic rings. The van der Waals surface area contributed by atoms with E-state index in [4.69, 9.17) is 0 Å². The van der Waals surface area contributed by atoms with E-state index in [1.807, 2.05) is 56.3 Å². The standard InChI is InChI=1S/C29H30N2O4/c1-5-30(6-2)21-11-13-22(14-12-21)31-26(20-9-15-23(32)16-10-20)25(28(34)29(31)35)27(33)24-17-18(3)7-8-19(24)4/h7-17,26,32-33H,5-6H2,1-4H3/b27-25+. The van der Waals surface area contributed by atoms with Gasteiger partial charge in [-0.25, -0.2) is 0 Å². The number of anilines is 2. The summed E-state index contributed by atoms with van der Waals surface area (Å²) in [6, 6.07) is 18.6. The van der Waals surface area contributed by atoms with Crippen molar-refractivity contribution in [1.82, 2.24) is 0 Å². The van der Waals surface area contributed by atoms with Gasteiger partial charge in [-0.15, -0.1) is 0 Å². The molecule has 35 heavy (non-hydrogen) atoms. The van der Waals surface area contributed by atoms with E-state index in [2.05, 4.69) is 18.7 Å². The van der Waals surface area contributed by atoms with Gasteiger partial charge in [-0.2, -0.15) is 0 Å². The lowest BCUT2D eigenvalue weighted by molar-refractivity contribution is -0.132. The number of ketones is 1. The molecule has 3 aromatic carbocycles. The minimum Gasteiger partial charge on any atom is -0.508 e. The number of amides is 1. The molecule has 1 fully saturated rings. The number of phenols is 1. The Morgan fingerprint density at radius 2 is 1.54 bits per heavy atom. The van der Waals surface area contributed by atoms with E-state index in [0.29, 0.717) is 16.8 Å².